The van der Waals surface area contributed by atoms with Crippen molar-refractivity contribution in [2.24, 2.45) is 0 Å². The molecule has 76 valence electrons. The summed E-state index contributed by atoms with van der Waals surface area (Å²) in [5, 5.41) is 10.3. The van der Waals surface area contributed by atoms with Gasteiger partial charge in [-0.2, -0.15) is 13.2 Å². The fraction of sp³-hybridized carbons (Fsp3) is 0.143. The van der Waals surface area contributed by atoms with Gasteiger partial charge in [0, 0.05) is 11.0 Å². The average molecular weight is 223 g/mol. The lowest BCUT2D eigenvalue weighted by molar-refractivity contribution is -0.388. The first-order valence-electron chi connectivity index (χ1n) is 3.37. The van der Waals surface area contributed by atoms with Gasteiger partial charge in [0.1, 0.15) is 5.56 Å². The van der Waals surface area contributed by atoms with Gasteiger partial charge in [-0.15, -0.1) is 12.6 Å². The van der Waals surface area contributed by atoms with Gasteiger partial charge in [0.2, 0.25) is 0 Å². The van der Waals surface area contributed by atoms with Crippen molar-refractivity contribution in [2.75, 3.05) is 0 Å². The Morgan fingerprint density at radius 2 is 1.93 bits per heavy atom. The standard InChI is InChI=1S/C7H4F3NO2S/c8-7(9,10)5-3-4(14)1-2-6(5)11(12)13/h1-3,14H. The Morgan fingerprint density at radius 1 is 1.36 bits per heavy atom. The van der Waals surface area contributed by atoms with Crippen LogP contribution in [0.3, 0.4) is 0 Å². The first kappa shape index (κ1) is 10.8. The average Bonchev–Trinajstić information content (AvgIpc) is 2.01. The van der Waals surface area contributed by atoms with Gasteiger partial charge in [-0.3, -0.25) is 10.1 Å². The van der Waals surface area contributed by atoms with Crippen molar-refractivity contribution in [2.45, 2.75) is 11.1 Å². The Morgan fingerprint density at radius 3 is 2.36 bits per heavy atom. The number of thiol groups is 1. The molecule has 0 saturated heterocycles. The summed E-state index contributed by atoms with van der Waals surface area (Å²) >= 11 is 3.68. The zero-order chi connectivity index (χ0) is 10.9. The Balaban J connectivity index is 3.38. The maximum Gasteiger partial charge on any atom is 0.423 e. The number of alkyl halides is 3. The van der Waals surface area contributed by atoms with Gasteiger partial charge in [0.05, 0.1) is 4.92 Å². The summed E-state index contributed by atoms with van der Waals surface area (Å²) in [6, 6.07) is 2.54. The summed E-state index contributed by atoms with van der Waals surface area (Å²) in [5.41, 5.74) is -2.25. The molecule has 0 bridgehead atoms. The number of nitro benzene ring substituents is 1. The quantitative estimate of drug-likeness (QED) is 0.452. The molecule has 0 fully saturated rings. The summed E-state index contributed by atoms with van der Waals surface area (Å²) in [5.74, 6) is 0. The Bertz CT molecular complexity index is 378. The molecular formula is C7H4F3NO2S. The van der Waals surface area contributed by atoms with Gasteiger partial charge in [-0.1, -0.05) is 0 Å². The van der Waals surface area contributed by atoms with Crippen LogP contribution in [0, 0.1) is 10.1 Å². The maximum atomic E-state index is 12.3. The second-order valence-electron chi connectivity index (χ2n) is 2.46. The van der Waals surface area contributed by atoms with Crippen molar-refractivity contribution >= 4 is 18.3 Å². The van der Waals surface area contributed by atoms with Gasteiger partial charge in [0.15, 0.2) is 0 Å². The topological polar surface area (TPSA) is 43.1 Å². The largest absolute Gasteiger partial charge is 0.423 e. The fourth-order valence-corrected chi connectivity index (χ4v) is 1.11. The van der Waals surface area contributed by atoms with E-state index in [-0.39, 0.29) is 4.90 Å². The van der Waals surface area contributed by atoms with E-state index < -0.39 is 22.4 Å². The Hall–Kier alpha value is -1.24. The third-order valence-corrected chi connectivity index (χ3v) is 1.76. The van der Waals surface area contributed by atoms with Crippen molar-refractivity contribution in [1.29, 1.82) is 0 Å². The number of nitro groups is 1. The van der Waals surface area contributed by atoms with Crippen LogP contribution >= 0.6 is 12.6 Å². The van der Waals surface area contributed by atoms with Gasteiger partial charge < -0.3 is 0 Å². The minimum absolute atomic E-state index is 0.0305. The molecule has 0 saturated carbocycles. The zero-order valence-corrected chi connectivity index (χ0v) is 7.47. The highest BCUT2D eigenvalue weighted by molar-refractivity contribution is 7.80. The third kappa shape index (κ3) is 2.16. The second kappa shape index (κ2) is 3.49. The van der Waals surface area contributed by atoms with E-state index in [4.69, 9.17) is 0 Å². The first-order valence-corrected chi connectivity index (χ1v) is 3.81. The van der Waals surface area contributed by atoms with E-state index in [0.717, 1.165) is 12.1 Å². The summed E-state index contributed by atoms with van der Waals surface area (Å²) in [6.07, 6.45) is -4.73. The normalized spacial score (nSPS) is 11.4. The summed E-state index contributed by atoms with van der Waals surface area (Å²) < 4.78 is 36.8. The highest BCUT2D eigenvalue weighted by Gasteiger charge is 2.38. The van der Waals surface area contributed by atoms with Gasteiger partial charge in [-0.25, -0.2) is 0 Å². The van der Waals surface area contributed by atoms with Crippen LogP contribution in [0.25, 0.3) is 0 Å². The summed E-state index contributed by atoms with van der Waals surface area (Å²) in [6.45, 7) is 0. The van der Waals surface area contributed by atoms with E-state index in [1.807, 2.05) is 0 Å². The summed E-state index contributed by atoms with van der Waals surface area (Å²) in [7, 11) is 0. The van der Waals surface area contributed by atoms with E-state index >= 15 is 0 Å². The van der Waals surface area contributed by atoms with Crippen molar-refractivity contribution in [1.82, 2.24) is 0 Å². The molecule has 1 rings (SSSR count). The van der Waals surface area contributed by atoms with Crippen LogP contribution in [0.15, 0.2) is 23.1 Å². The van der Waals surface area contributed by atoms with Crippen LogP contribution in [0.4, 0.5) is 18.9 Å². The molecule has 3 nitrogen and oxygen atoms in total. The molecule has 0 atom stereocenters. The van der Waals surface area contributed by atoms with Crippen molar-refractivity contribution < 1.29 is 18.1 Å². The first-order chi connectivity index (χ1) is 6.32. The number of benzene rings is 1. The van der Waals surface area contributed by atoms with Gasteiger partial charge in [0.25, 0.3) is 5.69 Å². The molecule has 0 aliphatic carbocycles. The molecular weight excluding hydrogens is 219 g/mol. The van der Waals surface area contributed by atoms with Crippen molar-refractivity contribution in [3.8, 4) is 0 Å². The number of nitrogens with zero attached hydrogens (tertiary/aromatic N) is 1. The van der Waals surface area contributed by atoms with Crippen LogP contribution in [0.1, 0.15) is 5.56 Å². The van der Waals surface area contributed by atoms with E-state index in [9.17, 15) is 23.3 Å². The predicted octanol–water partition coefficient (Wildman–Crippen LogP) is 2.90. The molecule has 14 heavy (non-hydrogen) atoms. The molecule has 0 unspecified atom stereocenters. The summed E-state index contributed by atoms with van der Waals surface area (Å²) in [4.78, 5) is 9.22. The maximum absolute atomic E-state index is 12.3. The zero-order valence-electron chi connectivity index (χ0n) is 6.58. The number of rotatable bonds is 1. The monoisotopic (exact) mass is 223 g/mol. The fourth-order valence-electron chi connectivity index (χ4n) is 0.910. The molecule has 0 N–H and O–H groups in total. The smallest absolute Gasteiger partial charge is 0.258 e. The highest BCUT2D eigenvalue weighted by atomic mass is 32.1. The van der Waals surface area contributed by atoms with Crippen LogP contribution in [-0.4, -0.2) is 4.92 Å². The second-order valence-corrected chi connectivity index (χ2v) is 2.97. The molecule has 0 aliphatic rings. The molecule has 0 heterocycles. The lowest BCUT2D eigenvalue weighted by atomic mass is 10.2. The molecule has 0 amide bonds. The van der Waals surface area contributed by atoms with Crippen molar-refractivity contribution in [3.05, 3.63) is 33.9 Å². The molecule has 7 heteroatoms. The Labute approximate surface area is 82.1 Å². The lowest BCUT2D eigenvalue weighted by Crippen LogP contribution is -2.08. The van der Waals surface area contributed by atoms with Crippen LogP contribution < -0.4 is 0 Å². The molecule has 0 aromatic heterocycles. The third-order valence-electron chi connectivity index (χ3n) is 1.48. The minimum atomic E-state index is -4.73. The van der Waals surface area contributed by atoms with E-state index in [1.165, 1.54) is 0 Å². The molecule has 1 aromatic rings. The van der Waals surface area contributed by atoms with Crippen LogP contribution in [-0.2, 0) is 6.18 Å². The SMILES string of the molecule is O=[N+]([O-])c1ccc(S)cc1C(F)(F)F. The van der Waals surface area contributed by atoms with Crippen LogP contribution in [0.5, 0.6) is 0 Å². The van der Waals surface area contributed by atoms with Crippen LogP contribution in [0.2, 0.25) is 0 Å². The molecule has 1 aromatic carbocycles. The number of hydrogen-bond donors (Lipinski definition) is 1. The highest BCUT2D eigenvalue weighted by Crippen LogP contribution is 2.36. The van der Waals surface area contributed by atoms with E-state index in [0.29, 0.717) is 6.07 Å². The van der Waals surface area contributed by atoms with Gasteiger partial charge >= 0.3 is 6.18 Å². The predicted molar refractivity (Wildman–Crippen MR) is 45.4 cm³/mol. The molecule has 0 spiro atoms. The number of hydrogen-bond acceptors (Lipinski definition) is 3. The van der Waals surface area contributed by atoms with E-state index in [2.05, 4.69) is 12.6 Å². The number of halogens is 3. The Kier molecular flexibility index (Phi) is 2.70. The van der Waals surface area contributed by atoms with Crippen molar-refractivity contribution in [3.63, 3.8) is 0 Å². The lowest BCUT2D eigenvalue weighted by Gasteiger charge is -2.07. The molecule has 0 radical (unpaired) electrons. The molecule has 0 aliphatic heterocycles. The van der Waals surface area contributed by atoms with Gasteiger partial charge in [-0.05, 0) is 12.1 Å². The van der Waals surface area contributed by atoms with E-state index in [1.54, 1.807) is 0 Å². The minimum Gasteiger partial charge on any atom is -0.258 e.